The molecule has 20 heavy (non-hydrogen) atoms. The first kappa shape index (κ1) is 12.4. The lowest BCUT2D eigenvalue weighted by atomic mass is 10.2. The monoisotopic (exact) mass is 277 g/mol. The van der Waals surface area contributed by atoms with Crippen molar-refractivity contribution in [2.45, 2.75) is 18.3 Å². The number of nitrogens with zero attached hydrogens (tertiary/aromatic N) is 1. The second-order valence-electron chi connectivity index (χ2n) is 5.58. The fourth-order valence-electron chi connectivity index (χ4n) is 2.23. The van der Waals surface area contributed by atoms with Crippen LogP contribution < -0.4 is 9.64 Å². The van der Waals surface area contributed by atoms with Gasteiger partial charge in [0.15, 0.2) is 0 Å². The summed E-state index contributed by atoms with van der Waals surface area (Å²) in [5, 5.41) is 0. The molecule has 0 radical (unpaired) electrons. The van der Waals surface area contributed by atoms with Gasteiger partial charge >= 0.3 is 0 Å². The minimum atomic E-state index is 0.296. The third-order valence-electron chi connectivity index (χ3n) is 3.69. The van der Waals surface area contributed by atoms with Gasteiger partial charge < -0.3 is 23.8 Å². The average Bonchev–Trinajstić information content (AvgIpc) is 3.32. The van der Waals surface area contributed by atoms with E-state index in [1.165, 1.54) is 5.69 Å². The van der Waals surface area contributed by atoms with Crippen molar-refractivity contribution in [2.24, 2.45) is 0 Å². The maximum atomic E-state index is 5.66. The van der Waals surface area contributed by atoms with Crippen LogP contribution in [0.5, 0.6) is 5.75 Å². The summed E-state index contributed by atoms with van der Waals surface area (Å²) in [4.78, 5) is 2.34. The molecule has 0 spiro atoms. The Labute approximate surface area is 118 Å². The molecule has 1 aromatic carbocycles. The van der Waals surface area contributed by atoms with Crippen molar-refractivity contribution in [3.63, 3.8) is 0 Å². The number of hydrogen-bond donors (Lipinski definition) is 0. The first-order valence-corrected chi connectivity index (χ1v) is 7.19. The molecule has 108 valence electrons. The lowest BCUT2D eigenvalue weighted by molar-refractivity contribution is 0.263. The van der Waals surface area contributed by atoms with Gasteiger partial charge in [-0.1, -0.05) is 0 Å². The topological polar surface area (TPSA) is 50.1 Å². The molecule has 0 saturated carbocycles. The van der Waals surface area contributed by atoms with Crippen molar-refractivity contribution in [2.75, 3.05) is 44.4 Å². The van der Waals surface area contributed by atoms with Crippen LogP contribution in [0, 0.1) is 0 Å². The maximum absolute atomic E-state index is 5.66. The van der Waals surface area contributed by atoms with Gasteiger partial charge in [-0.05, 0) is 24.3 Å². The molecule has 3 atom stereocenters. The number of epoxide rings is 3. The van der Waals surface area contributed by atoms with Gasteiger partial charge in [-0.15, -0.1) is 0 Å². The van der Waals surface area contributed by atoms with Crippen LogP contribution >= 0.6 is 0 Å². The smallest absolute Gasteiger partial charge is 0.119 e. The molecule has 5 nitrogen and oxygen atoms in total. The van der Waals surface area contributed by atoms with Crippen molar-refractivity contribution in [1.82, 2.24) is 0 Å². The first-order chi connectivity index (χ1) is 9.87. The van der Waals surface area contributed by atoms with E-state index in [-0.39, 0.29) is 0 Å². The van der Waals surface area contributed by atoms with Gasteiger partial charge in [-0.2, -0.15) is 0 Å². The third kappa shape index (κ3) is 3.42. The highest BCUT2D eigenvalue weighted by Crippen LogP contribution is 2.25. The van der Waals surface area contributed by atoms with Crippen LogP contribution in [0.25, 0.3) is 0 Å². The van der Waals surface area contributed by atoms with Gasteiger partial charge in [0.1, 0.15) is 18.5 Å². The standard InChI is InChI=1S/C15H19NO4/c1-3-12(17-9-15-10-20-15)4-2-11(1)16(5-13-7-18-13)6-14-8-19-14/h1-4,13-15H,5-10H2/t13-,14+,15-/m1/s1. The van der Waals surface area contributed by atoms with E-state index in [9.17, 15) is 0 Å². The molecule has 3 heterocycles. The molecular formula is C15H19NO4. The van der Waals surface area contributed by atoms with Gasteiger partial charge in [-0.3, -0.25) is 0 Å². The summed E-state index contributed by atoms with van der Waals surface area (Å²) in [5.41, 5.74) is 1.20. The summed E-state index contributed by atoms with van der Waals surface area (Å²) in [7, 11) is 0. The predicted molar refractivity (Wildman–Crippen MR) is 73.4 cm³/mol. The Bertz CT molecular complexity index is 437. The van der Waals surface area contributed by atoms with Crippen LogP contribution in [0.1, 0.15) is 0 Å². The van der Waals surface area contributed by atoms with Crippen molar-refractivity contribution >= 4 is 5.69 Å². The maximum Gasteiger partial charge on any atom is 0.119 e. The molecule has 1 aromatic rings. The van der Waals surface area contributed by atoms with Crippen LogP contribution in [0.2, 0.25) is 0 Å². The first-order valence-electron chi connectivity index (χ1n) is 7.19. The zero-order valence-electron chi connectivity index (χ0n) is 11.4. The normalized spacial score (nSPS) is 29.9. The molecule has 0 aromatic heterocycles. The van der Waals surface area contributed by atoms with Crippen LogP contribution in [-0.4, -0.2) is 57.8 Å². The Hall–Kier alpha value is -1.30. The molecule has 0 unspecified atom stereocenters. The zero-order chi connectivity index (χ0) is 13.4. The minimum Gasteiger partial charge on any atom is -0.491 e. The second kappa shape index (κ2) is 5.24. The largest absolute Gasteiger partial charge is 0.491 e. The van der Waals surface area contributed by atoms with Crippen molar-refractivity contribution in [3.8, 4) is 5.75 Å². The van der Waals surface area contributed by atoms with E-state index >= 15 is 0 Å². The van der Waals surface area contributed by atoms with Crippen LogP contribution in [0.4, 0.5) is 5.69 Å². The van der Waals surface area contributed by atoms with Gasteiger partial charge in [-0.25, -0.2) is 0 Å². The number of benzene rings is 1. The quantitative estimate of drug-likeness (QED) is 0.665. The van der Waals surface area contributed by atoms with E-state index in [1.54, 1.807) is 0 Å². The molecule has 3 fully saturated rings. The summed E-state index contributed by atoms with van der Waals surface area (Å²) >= 11 is 0. The Morgan fingerprint density at radius 3 is 1.95 bits per heavy atom. The highest BCUT2D eigenvalue weighted by atomic mass is 16.6. The molecule has 0 amide bonds. The fourth-order valence-corrected chi connectivity index (χ4v) is 2.23. The van der Waals surface area contributed by atoms with E-state index in [0.717, 1.165) is 38.7 Å². The average molecular weight is 277 g/mol. The van der Waals surface area contributed by atoms with E-state index in [1.807, 2.05) is 12.1 Å². The van der Waals surface area contributed by atoms with Gasteiger partial charge in [0.25, 0.3) is 0 Å². The summed E-state index contributed by atoms with van der Waals surface area (Å²) in [5.74, 6) is 0.898. The lowest BCUT2D eigenvalue weighted by Crippen LogP contribution is -2.31. The lowest BCUT2D eigenvalue weighted by Gasteiger charge is -2.23. The van der Waals surface area contributed by atoms with E-state index in [0.29, 0.717) is 24.9 Å². The molecule has 3 aliphatic heterocycles. The summed E-state index contributed by atoms with van der Waals surface area (Å²) in [6, 6.07) is 8.25. The number of rotatable bonds is 8. The van der Waals surface area contributed by atoms with E-state index < -0.39 is 0 Å². The summed E-state index contributed by atoms with van der Waals surface area (Å²) < 4.78 is 21.5. The minimum absolute atomic E-state index is 0.296. The molecule has 0 aliphatic carbocycles. The van der Waals surface area contributed by atoms with Gasteiger partial charge in [0, 0.05) is 18.8 Å². The van der Waals surface area contributed by atoms with Gasteiger partial charge in [0.2, 0.25) is 0 Å². The highest BCUT2D eigenvalue weighted by molar-refractivity contribution is 5.49. The number of hydrogen-bond acceptors (Lipinski definition) is 5. The molecule has 3 aliphatic rings. The molecular weight excluding hydrogens is 258 g/mol. The highest BCUT2D eigenvalue weighted by Gasteiger charge is 2.30. The fraction of sp³-hybridized carbons (Fsp3) is 0.600. The molecule has 5 heteroatoms. The Morgan fingerprint density at radius 1 is 0.900 bits per heavy atom. The van der Waals surface area contributed by atoms with E-state index in [2.05, 4.69) is 17.0 Å². The Balaban J connectivity index is 1.38. The molecule has 0 N–H and O–H groups in total. The predicted octanol–water partition coefficient (Wildman–Crippen LogP) is 1.07. The zero-order valence-corrected chi connectivity index (χ0v) is 11.4. The van der Waals surface area contributed by atoms with Crippen LogP contribution in [-0.2, 0) is 14.2 Å². The van der Waals surface area contributed by atoms with Crippen LogP contribution in [0.3, 0.4) is 0 Å². The van der Waals surface area contributed by atoms with E-state index in [4.69, 9.17) is 18.9 Å². The van der Waals surface area contributed by atoms with Crippen molar-refractivity contribution in [3.05, 3.63) is 24.3 Å². The Morgan fingerprint density at radius 2 is 1.45 bits per heavy atom. The van der Waals surface area contributed by atoms with Crippen LogP contribution in [0.15, 0.2) is 24.3 Å². The number of ether oxygens (including phenoxy) is 4. The number of anilines is 1. The molecule has 3 saturated heterocycles. The molecule has 4 rings (SSSR count). The van der Waals surface area contributed by atoms with Crippen molar-refractivity contribution < 1.29 is 18.9 Å². The Kier molecular flexibility index (Phi) is 3.26. The SMILES string of the molecule is c1cc(N(C[C@H]2CO2)C[C@@H]2CO2)ccc1OC[C@@H]1CO1. The molecule has 0 bridgehead atoms. The van der Waals surface area contributed by atoms with Crippen molar-refractivity contribution in [1.29, 1.82) is 0 Å². The summed E-state index contributed by atoms with van der Waals surface area (Å²) in [6.07, 6.45) is 1.07. The second-order valence-corrected chi connectivity index (χ2v) is 5.58. The van der Waals surface area contributed by atoms with Gasteiger partial charge in [0.05, 0.1) is 32.0 Å². The third-order valence-corrected chi connectivity index (χ3v) is 3.69. The summed E-state index contributed by atoms with van der Waals surface area (Å²) in [6.45, 7) is 5.12.